The Kier molecular flexibility index (Phi) is 23.8. The molecular formula is C55H93N7O18. The number of likely N-dealkylation sites (N-methyl/N-ethyl adjacent to an activating group) is 1. The van der Waals surface area contributed by atoms with E-state index in [0.29, 0.717) is 18.4 Å². The number of pyridine rings is 1. The normalized spacial score (nSPS) is 39.8. The summed E-state index contributed by atoms with van der Waals surface area (Å²) in [6, 6.07) is -0.429. The standard InChI is InChI=1S/C55H93N7O18/c1-15-40-55(11,72)46(66)33(7)62(20-16-19-57-41(63)17-18-42(64)74-27-39-36(59-60-56)23-38(77-39)35-21-29(3)49(68)58-50(35)69)26-28(2)24-53(9,71)48(80-52-44(65)37(61(12)13)22-30(4)75-52)31(5)45(32(6)51(70)78-40)79-43-25-54(10,73-14)47(67)34(8)76-43/h21,28,30-34,36-40,43-48,52,65-67,71-72H,15-20,22-27H2,1-14H3,(H,57,63)(H2,58,68,69)/t28-,30-,31+,32-,33-,34+,36-,37+,38-,39-,40-,43?,44-,45+,46-,47+,48?,52+,53-,54-,55-/m1/s1. The molecule has 0 aromatic carbocycles. The lowest BCUT2D eigenvalue weighted by molar-refractivity contribution is -0.318. The fraction of sp³-hybridized carbons (Fsp3) is 0.855. The molecule has 5 rings (SSSR count). The van der Waals surface area contributed by atoms with E-state index in [2.05, 4.69) is 20.3 Å². The molecule has 456 valence electrons. The number of rotatable bonds is 18. The van der Waals surface area contributed by atoms with Crippen LogP contribution in [-0.4, -0.2) is 213 Å². The number of amides is 1. The summed E-state index contributed by atoms with van der Waals surface area (Å²) in [5.74, 6) is -4.56. The smallest absolute Gasteiger partial charge is 0.311 e. The Morgan fingerprint density at radius 2 is 1.68 bits per heavy atom. The Bertz CT molecular complexity index is 2320. The molecule has 2 unspecified atom stereocenters. The monoisotopic (exact) mass is 1140 g/mol. The summed E-state index contributed by atoms with van der Waals surface area (Å²) in [4.78, 5) is 62.2. The van der Waals surface area contributed by atoms with Crippen molar-refractivity contribution in [2.24, 2.45) is 22.9 Å². The highest BCUT2D eigenvalue weighted by Gasteiger charge is 2.53. The van der Waals surface area contributed by atoms with E-state index in [1.165, 1.54) is 20.1 Å². The van der Waals surface area contributed by atoms with Crippen molar-refractivity contribution in [3.8, 4) is 5.88 Å². The summed E-state index contributed by atoms with van der Waals surface area (Å²) >= 11 is 0. The van der Waals surface area contributed by atoms with Crippen LogP contribution in [0.5, 0.6) is 5.88 Å². The van der Waals surface area contributed by atoms with E-state index in [0.717, 1.165) is 0 Å². The van der Waals surface area contributed by atoms with Gasteiger partial charge in [-0.05, 0) is 119 Å². The Morgan fingerprint density at radius 3 is 2.31 bits per heavy atom. The van der Waals surface area contributed by atoms with Crippen molar-refractivity contribution >= 4 is 17.8 Å². The van der Waals surface area contributed by atoms with Crippen LogP contribution in [0.15, 0.2) is 16.0 Å². The van der Waals surface area contributed by atoms with Gasteiger partial charge in [0.25, 0.3) is 5.56 Å². The first-order chi connectivity index (χ1) is 37.4. The van der Waals surface area contributed by atoms with Crippen LogP contribution >= 0.6 is 0 Å². The van der Waals surface area contributed by atoms with Gasteiger partial charge in [0.05, 0.1) is 60.1 Å². The molecule has 0 bridgehead atoms. The number of esters is 2. The zero-order valence-electron chi connectivity index (χ0n) is 49.3. The Balaban J connectivity index is 1.33. The average Bonchev–Trinajstić information content (AvgIpc) is 3.79. The molecule has 0 spiro atoms. The molecule has 0 aliphatic carbocycles. The van der Waals surface area contributed by atoms with Crippen molar-refractivity contribution in [2.75, 3.05) is 47.4 Å². The molecule has 80 heavy (non-hydrogen) atoms. The minimum atomic E-state index is -2.00. The molecule has 25 heteroatoms. The van der Waals surface area contributed by atoms with Crippen molar-refractivity contribution in [3.63, 3.8) is 0 Å². The molecule has 1 aromatic rings. The SMILES string of the molecule is CC[C@H]1OC(=O)[C@H](C)[C@@H](OC2C[C@@](C)(OC)[C@@H](O)[C@H](C)O2)[C@H](C)C(O[C@@H]2O[C@H](C)C[C@H](N(C)C)[C@H]2O)[C@](C)(O)C[C@@H](C)CN(CCCNC(=O)CCC(=O)OC[C@H]2O[C@@H](c3cc(C)c(O)[nH]c3=O)C[C@H]2N=[N+]=[N-])[C@H](C)[C@@H](O)[C@]1(C)O. The van der Waals surface area contributed by atoms with Gasteiger partial charge in [0.1, 0.15) is 42.7 Å². The van der Waals surface area contributed by atoms with Crippen LogP contribution in [0, 0.1) is 24.7 Å². The molecule has 8 N–H and O–H groups in total. The third-order valence-electron chi connectivity index (χ3n) is 17.0. The molecule has 4 saturated heterocycles. The predicted octanol–water partition coefficient (Wildman–Crippen LogP) is 3.01. The van der Waals surface area contributed by atoms with E-state index >= 15 is 0 Å². The van der Waals surface area contributed by atoms with Gasteiger partial charge in [0, 0.05) is 73.6 Å². The van der Waals surface area contributed by atoms with E-state index in [1.54, 1.807) is 55.4 Å². The minimum absolute atomic E-state index is 0.0621. The zero-order chi connectivity index (χ0) is 59.8. The van der Waals surface area contributed by atoms with Gasteiger partial charge in [0.15, 0.2) is 18.5 Å². The van der Waals surface area contributed by atoms with Crippen molar-refractivity contribution in [1.29, 1.82) is 0 Å². The number of nitrogens with one attached hydrogen (secondary N) is 2. The molecule has 0 saturated carbocycles. The number of ether oxygens (including phenoxy) is 8. The van der Waals surface area contributed by atoms with Crippen LogP contribution in [0.1, 0.15) is 138 Å². The minimum Gasteiger partial charge on any atom is -0.494 e. The number of aryl methyl sites for hydroxylation is 1. The number of azide groups is 1. The van der Waals surface area contributed by atoms with Gasteiger partial charge in [-0.2, -0.15) is 0 Å². The third-order valence-corrected chi connectivity index (χ3v) is 17.0. The lowest BCUT2D eigenvalue weighted by Crippen LogP contribution is -2.60. The number of aromatic amines is 1. The second-order valence-electron chi connectivity index (χ2n) is 23.9. The number of aliphatic hydroxyl groups is 5. The van der Waals surface area contributed by atoms with Gasteiger partial charge in [-0.1, -0.05) is 25.9 Å². The van der Waals surface area contributed by atoms with Crippen LogP contribution in [0.2, 0.25) is 0 Å². The molecular weight excluding hydrogens is 1050 g/mol. The number of hydrogen-bond donors (Lipinski definition) is 8. The number of hydrogen-bond acceptors (Lipinski definition) is 21. The van der Waals surface area contributed by atoms with Crippen LogP contribution in [0.25, 0.3) is 10.4 Å². The Morgan fingerprint density at radius 1 is 0.988 bits per heavy atom. The quantitative estimate of drug-likeness (QED) is 0.0344. The summed E-state index contributed by atoms with van der Waals surface area (Å²) in [6.07, 6.45) is -11.5. The van der Waals surface area contributed by atoms with Crippen LogP contribution in [-0.2, 0) is 52.3 Å². The van der Waals surface area contributed by atoms with E-state index in [1.807, 2.05) is 37.7 Å². The van der Waals surface area contributed by atoms with E-state index < -0.39 is 132 Å². The maximum Gasteiger partial charge on any atom is 0.311 e. The third kappa shape index (κ3) is 16.4. The largest absolute Gasteiger partial charge is 0.494 e. The summed E-state index contributed by atoms with van der Waals surface area (Å²) in [5.41, 5.74) is 4.39. The summed E-state index contributed by atoms with van der Waals surface area (Å²) in [6.45, 7) is 19.1. The number of aliphatic hydroxyl groups excluding tert-OH is 3. The summed E-state index contributed by atoms with van der Waals surface area (Å²) < 4.78 is 49.4. The molecule has 21 atom stereocenters. The van der Waals surface area contributed by atoms with Gasteiger partial charge < -0.3 is 78.8 Å². The van der Waals surface area contributed by atoms with Gasteiger partial charge >= 0.3 is 11.9 Å². The lowest BCUT2D eigenvalue weighted by Gasteiger charge is -2.48. The number of carbonyl (C=O) groups is 3. The number of aromatic nitrogens is 1. The van der Waals surface area contributed by atoms with E-state index in [4.69, 9.17) is 43.4 Å². The fourth-order valence-corrected chi connectivity index (χ4v) is 12.1. The highest BCUT2D eigenvalue weighted by molar-refractivity contribution is 5.81. The number of H-pyrrole nitrogens is 1. The highest BCUT2D eigenvalue weighted by Crippen LogP contribution is 2.41. The Hall–Kier alpha value is -4.05. The molecule has 1 aromatic heterocycles. The fourth-order valence-electron chi connectivity index (χ4n) is 12.1. The summed E-state index contributed by atoms with van der Waals surface area (Å²) in [7, 11) is 5.18. The average molecular weight is 1140 g/mol. The Labute approximate surface area is 469 Å². The topological polar surface area (TPSA) is 347 Å². The molecule has 5 heterocycles. The summed E-state index contributed by atoms with van der Waals surface area (Å²) in [5, 5.41) is 76.7. The molecule has 1 amide bonds. The molecule has 4 aliphatic rings. The van der Waals surface area contributed by atoms with Gasteiger partial charge in [-0.25, -0.2) is 0 Å². The molecule has 4 fully saturated rings. The van der Waals surface area contributed by atoms with E-state index in [9.17, 15) is 49.8 Å². The second kappa shape index (κ2) is 28.5. The van der Waals surface area contributed by atoms with Gasteiger partial charge in [-0.3, -0.25) is 29.1 Å². The number of carbonyl (C=O) groups excluding carboxylic acids is 3. The first-order valence-corrected chi connectivity index (χ1v) is 28.2. The molecule has 25 nitrogen and oxygen atoms in total. The van der Waals surface area contributed by atoms with Crippen LogP contribution in [0.3, 0.4) is 0 Å². The van der Waals surface area contributed by atoms with Gasteiger partial charge in [-0.15, -0.1) is 0 Å². The molecule has 4 aliphatic heterocycles. The van der Waals surface area contributed by atoms with Crippen LogP contribution in [0.4, 0.5) is 0 Å². The number of methoxy groups -OCH3 is 1. The number of cyclic esters (lactones) is 1. The maximum atomic E-state index is 14.6. The zero-order valence-corrected chi connectivity index (χ0v) is 49.3. The second-order valence-corrected chi connectivity index (χ2v) is 23.9. The van der Waals surface area contributed by atoms with Crippen molar-refractivity contribution in [1.82, 2.24) is 20.1 Å². The van der Waals surface area contributed by atoms with Crippen LogP contribution < -0.4 is 10.9 Å². The van der Waals surface area contributed by atoms with Gasteiger partial charge in [0.2, 0.25) is 5.91 Å². The first-order valence-electron chi connectivity index (χ1n) is 28.2. The first kappa shape index (κ1) is 66.7. The highest BCUT2D eigenvalue weighted by atomic mass is 16.7. The van der Waals surface area contributed by atoms with E-state index in [-0.39, 0.29) is 94.3 Å². The predicted molar refractivity (Wildman–Crippen MR) is 290 cm³/mol. The maximum absolute atomic E-state index is 14.6. The lowest BCUT2D eigenvalue weighted by atomic mass is 9.77. The number of aromatic hydroxyl groups is 1. The van der Waals surface area contributed by atoms with Crippen molar-refractivity contribution in [2.45, 2.75) is 236 Å². The number of nitrogens with zero attached hydrogens (tertiary/aromatic N) is 5. The van der Waals surface area contributed by atoms with Crippen molar-refractivity contribution < 1.29 is 82.9 Å². The van der Waals surface area contributed by atoms with Crippen molar-refractivity contribution in [3.05, 3.63) is 38.0 Å². The molecule has 0 radical (unpaired) electrons.